The molecule has 0 spiro atoms. The zero-order valence-electron chi connectivity index (χ0n) is 8.79. The van der Waals surface area contributed by atoms with E-state index in [0.29, 0.717) is 24.3 Å². The quantitative estimate of drug-likeness (QED) is 0.656. The molecule has 1 unspecified atom stereocenters. The molecule has 0 heterocycles. The molecule has 0 aliphatic heterocycles. The van der Waals surface area contributed by atoms with E-state index in [0.717, 1.165) is 0 Å². The fourth-order valence-electron chi connectivity index (χ4n) is 0.988. The fourth-order valence-corrected chi connectivity index (χ4v) is 1.96. The molecule has 96 valence electrons. The molecule has 0 rings (SSSR count). The van der Waals surface area contributed by atoms with E-state index >= 15 is 0 Å². The summed E-state index contributed by atoms with van der Waals surface area (Å²) in [5.41, 5.74) is 5.25. The highest BCUT2D eigenvalue weighted by Gasteiger charge is 2.25. The normalized spacial score (nSPS) is 13.8. The van der Waals surface area contributed by atoms with Crippen molar-refractivity contribution in [2.24, 2.45) is 5.73 Å². The summed E-state index contributed by atoms with van der Waals surface area (Å²) in [5.74, 6) is -0.0995. The smallest absolute Gasteiger partial charge is 0.389 e. The molecule has 0 saturated heterocycles. The van der Waals surface area contributed by atoms with Gasteiger partial charge in [0.25, 0.3) is 0 Å². The lowest BCUT2D eigenvalue weighted by Gasteiger charge is -2.07. The third-order valence-corrected chi connectivity index (χ3v) is 3.04. The second-order valence-corrected chi connectivity index (χ2v) is 4.60. The van der Waals surface area contributed by atoms with Crippen molar-refractivity contribution in [2.75, 3.05) is 11.5 Å². The second kappa shape index (κ2) is 7.78. The average Bonchev–Trinajstić information content (AvgIpc) is 2.14. The minimum atomic E-state index is -4.07. The summed E-state index contributed by atoms with van der Waals surface area (Å²) in [6.45, 7) is 0. The van der Waals surface area contributed by atoms with Gasteiger partial charge in [-0.15, -0.1) is 0 Å². The standard InChI is InChI=1S/C9H16F3NO2S/c10-9(11,12)4-2-1-3-5-16-6-7(13)8(14)15/h7H,1-6,13H2,(H,14,15). The molecular formula is C9H16F3NO2S. The van der Waals surface area contributed by atoms with Crippen LogP contribution in [-0.4, -0.2) is 34.8 Å². The maximum absolute atomic E-state index is 11.7. The fraction of sp³-hybridized carbons (Fsp3) is 0.889. The molecule has 3 N–H and O–H groups in total. The number of carboxylic acid groups (broad SMARTS) is 1. The monoisotopic (exact) mass is 259 g/mol. The van der Waals surface area contributed by atoms with Crippen LogP contribution in [-0.2, 0) is 4.79 Å². The number of alkyl halides is 3. The maximum atomic E-state index is 11.7. The van der Waals surface area contributed by atoms with E-state index in [-0.39, 0.29) is 6.42 Å². The Morgan fingerprint density at radius 3 is 2.44 bits per heavy atom. The van der Waals surface area contributed by atoms with Crippen molar-refractivity contribution in [3.8, 4) is 0 Å². The first-order valence-corrected chi connectivity index (χ1v) is 6.11. The Labute approximate surface area is 96.6 Å². The first-order chi connectivity index (χ1) is 7.33. The third-order valence-electron chi connectivity index (χ3n) is 1.86. The van der Waals surface area contributed by atoms with Crippen LogP contribution in [0.15, 0.2) is 0 Å². The number of nitrogens with two attached hydrogens (primary N) is 1. The lowest BCUT2D eigenvalue weighted by molar-refractivity contribution is -0.138. The summed E-state index contributed by atoms with van der Waals surface area (Å²) >= 11 is 1.36. The summed E-state index contributed by atoms with van der Waals surface area (Å²) in [6, 6.07) is -0.889. The molecule has 0 fully saturated rings. The van der Waals surface area contributed by atoms with E-state index in [2.05, 4.69) is 0 Å². The topological polar surface area (TPSA) is 63.3 Å². The van der Waals surface area contributed by atoms with Crippen molar-refractivity contribution in [3.63, 3.8) is 0 Å². The number of aliphatic carboxylic acids is 1. The Balaban J connectivity index is 3.25. The summed E-state index contributed by atoms with van der Waals surface area (Å²) < 4.78 is 35.2. The van der Waals surface area contributed by atoms with E-state index in [1.54, 1.807) is 0 Å². The Kier molecular flexibility index (Phi) is 7.57. The van der Waals surface area contributed by atoms with Gasteiger partial charge in [0.15, 0.2) is 0 Å². The van der Waals surface area contributed by atoms with E-state index in [9.17, 15) is 18.0 Å². The molecule has 0 aromatic heterocycles. The number of unbranched alkanes of at least 4 members (excludes halogenated alkanes) is 2. The van der Waals surface area contributed by atoms with Crippen molar-refractivity contribution in [1.29, 1.82) is 0 Å². The molecule has 0 radical (unpaired) electrons. The predicted molar refractivity (Wildman–Crippen MR) is 57.5 cm³/mol. The third kappa shape index (κ3) is 10.1. The number of rotatable bonds is 8. The molecule has 0 aliphatic rings. The number of carboxylic acids is 1. The molecule has 0 bridgehead atoms. The van der Waals surface area contributed by atoms with Crippen molar-refractivity contribution < 1.29 is 23.1 Å². The average molecular weight is 259 g/mol. The summed E-state index contributed by atoms with van der Waals surface area (Å²) in [4.78, 5) is 10.3. The van der Waals surface area contributed by atoms with Crippen LogP contribution in [0.5, 0.6) is 0 Å². The Morgan fingerprint density at radius 1 is 1.31 bits per heavy atom. The minimum Gasteiger partial charge on any atom is -0.480 e. The first kappa shape index (κ1) is 15.6. The Bertz CT molecular complexity index is 211. The Morgan fingerprint density at radius 2 is 1.94 bits per heavy atom. The van der Waals surface area contributed by atoms with Crippen LogP contribution in [0.3, 0.4) is 0 Å². The largest absolute Gasteiger partial charge is 0.480 e. The zero-order chi connectivity index (χ0) is 12.6. The van der Waals surface area contributed by atoms with Gasteiger partial charge in [0.05, 0.1) is 0 Å². The van der Waals surface area contributed by atoms with Gasteiger partial charge in [0.2, 0.25) is 0 Å². The van der Waals surface area contributed by atoms with E-state index < -0.39 is 24.6 Å². The van der Waals surface area contributed by atoms with Crippen molar-refractivity contribution >= 4 is 17.7 Å². The molecule has 0 aromatic carbocycles. The molecule has 7 heteroatoms. The number of hydrogen-bond donors (Lipinski definition) is 2. The maximum Gasteiger partial charge on any atom is 0.389 e. The molecule has 16 heavy (non-hydrogen) atoms. The van der Waals surface area contributed by atoms with Gasteiger partial charge >= 0.3 is 12.1 Å². The second-order valence-electron chi connectivity index (χ2n) is 3.45. The number of halogens is 3. The van der Waals surface area contributed by atoms with Crippen molar-refractivity contribution in [3.05, 3.63) is 0 Å². The summed E-state index contributed by atoms with van der Waals surface area (Å²) in [7, 11) is 0. The van der Waals surface area contributed by atoms with Crippen LogP contribution in [0.1, 0.15) is 25.7 Å². The zero-order valence-corrected chi connectivity index (χ0v) is 9.61. The van der Waals surface area contributed by atoms with E-state index in [4.69, 9.17) is 10.8 Å². The lowest BCUT2D eigenvalue weighted by atomic mass is 10.2. The van der Waals surface area contributed by atoms with Crippen LogP contribution in [0.25, 0.3) is 0 Å². The van der Waals surface area contributed by atoms with Gasteiger partial charge in [-0.1, -0.05) is 6.42 Å². The van der Waals surface area contributed by atoms with Crippen LogP contribution in [0, 0.1) is 0 Å². The first-order valence-electron chi connectivity index (χ1n) is 4.96. The van der Waals surface area contributed by atoms with Gasteiger partial charge in [-0.25, -0.2) is 0 Å². The molecule has 0 saturated carbocycles. The SMILES string of the molecule is NC(CSCCCCCC(F)(F)F)C(=O)O. The van der Waals surface area contributed by atoms with Crippen LogP contribution < -0.4 is 5.73 Å². The highest BCUT2D eigenvalue weighted by molar-refractivity contribution is 7.99. The molecular weight excluding hydrogens is 243 g/mol. The van der Waals surface area contributed by atoms with E-state index in [1.165, 1.54) is 11.8 Å². The number of carbonyl (C=O) groups is 1. The molecule has 1 atom stereocenters. The van der Waals surface area contributed by atoms with Crippen LogP contribution >= 0.6 is 11.8 Å². The van der Waals surface area contributed by atoms with Gasteiger partial charge in [0.1, 0.15) is 6.04 Å². The van der Waals surface area contributed by atoms with Crippen molar-refractivity contribution in [1.82, 2.24) is 0 Å². The molecule has 3 nitrogen and oxygen atoms in total. The lowest BCUT2D eigenvalue weighted by Crippen LogP contribution is -2.32. The Hall–Kier alpha value is -0.430. The van der Waals surface area contributed by atoms with Gasteiger partial charge in [-0.3, -0.25) is 4.79 Å². The molecule has 0 aliphatic carbocycles. The van der Waals surface area contributed by atoms with Crippen molar-refractivity contribution in [2.45, 2.75) is 37.9 Å². The van der Waals surface area contributed by atoms with Gasteiger partial charge in [0, 0.05) is 12.2 Å². The predicted octanol–water partition coefficient (Wildman–Crippen LogP) is 2.25. The highest BCUT2D eigenvalue weighted by atomic mass is 32.2. The number of hydrogen-bond acceptors (Lipinski definition) is 3. The number of thioether (sulfide) groups is 1. The molecule has 0 aromatic rings. The van der Waals surface area contributed by atoms with Crippen LogP contribution in [0.2, 0.25) is 0 Å². The van der Waals surface area contributed by atoms with E-state index in [1.807, 2.05) is 0 Å². The van der Waals surface area contributed by atoms with Gasteiger partial charge < -0.3 is 10.8 Å². The molecule has 0 amide bonds. The van der Waals surface area contributed by atoms with Gasteiger partial charge in [-0.05, 0) is 18.6 Å². The summed E-state index contributed by atoms with van der Waals surface area (Å²) in [5, 5.41) is 8.45. The van der Waals surface area contributed by atoms with Crippen LogP contribution in [0.4, 0.5) is 13.2 Å². The summed E-state index contributed by atoms with van der Waals surface area (Å²) in [6.07, 6.45) is -3.51. The highest BCUT2D eigenvalue weighted by Crippen LogP contribution is 2.22. The minimum absolute atomic E-state index is 0.134. The van der Waals surface area contributed by atoms with Gasteiger partial charge in [-0.2, -0.15) is 24.9 Å².